The number of carbonyl (C=O) groups is 2. The van der Waals surface area contributed by atoms with E-state index in [-0.39, 0.29) is 24.3 Å². The zero-order valence-electron chi connectivity index (χ0n) is 16.3. The summed E-state index contributed by atoms with van der Waals surface area (Å²) in [7, 11) is 3.10. The highest BCUT2D eigenvalue weighted by Crippen LogP contribution is 2.25. The smallest absolute Gasteiger partial charge is 0.259 e. The maximum absolute atomic E-state index is 12.5. The second kappa shape index (κ2) is 8.79. The molecule has 1 fully saturated rings. The average Bonchev–Trinajstić information content (AvgIpc) is 3.19. The lowest BCUT2D eigenvalue weighted by atomic mass is 10.1. The minimum Gasteiger partial charge on any atom is -0.497 e. The Kier molecular flexibility index (Phi) is 6.20. The lowest BCUT2D eigenvalue weighted by Gasteiger charge is -2.16. The molecule has 2 heterocycles. The molecule has 28 heavy (non-hydrogen) atoms. The lowest BCUT2D eigenvalue weighted by Crippen LogP contribution is -2.31. The molecule has 2 amide bonds. The first kappa shape index (κ1) is 19.8. The van der Waals surface area contributed by atoms with Crippen molar-refractivity contribution >= 4 is 17.5 Å². The van der Waals surface area contributed by atoms with Crippen LogP contribution in [0.3, 0.4) is 0 Å². The first-order valence-electron chi connectivity index (χ1n) is 9.07. The van der Waals surface area contributed by atoms with E-state index in [9.17, 15) is 9.59 Å². The Morgan fingerprint density at radius 3 is 2.64 bits per heavy atom. The molecule has 1 N–H and O–H groups in total. The first-order chi connectivity index (χ1) is 13.5. The zero-order chi connectivity index (χ0) is 20.1. The Hall–Kier alpha value is -3.00. The number of benzene rings is 1. The summed E-state index contributed by atoms with van der Waals surface area (Å²) in [5.41, 5.74) is 1.69. The summed E-state index contributed by atoms with van der Waals surface area (Å²) in [5.74, 6) is 1.15. The van der Waals surface area contributed by atoms with Gasteiger partial charge < -0.3 is 19.7 Å². The second-order valence-electron chi connectivity index (χ2n) is 6.67. The van der Waals surface area contributed by atoms with Crippen LogP contribution in [0.25, 0.3) is 0 Å². The standard InChI is InChI=1S/C20H24N4O4/c1-13-17(20(26)23-15-4-6-16(28-3)7-5-15)10-21-19(22-13)14-8-9-24(11-14)18(25)12-27-2/h4-7,10,14H,8-9,11-12H2,1-3H3,(H,23,26)/t14-/m1/s1. The Labute approximate surface area is 163 Å². The van der Waals surface area contributed by atoms with Gasteiger partial charge in [-0.25, -0.2) is 9.97 Å². The number of likely N-dealkylation sites (tertiary alicyclic amines) is 1. The van der Waals surface area contributed by atoms with E-state index >= 15 is 0 Å². The van der Waals surface area contributed by atoms with Crippen LogP contribution < -0.4 is 10.1 Å². The molecule has 2 aromatic rings. The SMILES string of the molecule is COCC(=O)N1CC[C@@H](c2ncc(C(=O)Nc3ccc(OC)cc3)c(C)n2)C1. The van der Waals surface area contributed by atoms with Gasteiger partial charge in [0.25, 0.3) is 5.91 Å². The Morgan fingerprint density at radius 2 is 2.00 bits per heavy atom. The quantitative estimate of drug-likeness (QED) is 0.819. The summed E-state index contributed by atoms with van der Waals surface area (Å²) in [6.45, 7) is 3.10. The summed E-state index contributed by atoms with van der Waals surface area (Å²) in [6, 6.07) is 7.09. The number of methoxy groups -OCH3 is 2. The number of ether oxygens (including phenoxy) is 2. The molecule has 0 saturated carbocycles. The molecule has 0 radical (unpaired) electrons. The number of aromatic nitrogens is 2. The first-order valence-corrected chi connectivity index (χ1v) is 9.07. The number of nitrogens with one attached hydrogen (secondary N) is 1. The molecule has 1 aliphatic rings. The van der Waals surface area contributed by atoms with Gasteiger partial charge in [-0.2, -0.15) is 0 Å². The van der Waals surface area contributed by atoms with Crippen molar-refractivity contribution < 1.29 is 19.1 Å². The highest BCUT2D eigenvalue weighted by molar-refractivity contribution is 6.04. The molecule has 1 saturated heterocycles. The van der Waals surface area contributed by atoms with E-state index in [1.165, 1.54) is 7.11 Å². The van der Waals surface area contributed by atoms with E-state index in [1.54, 1.807) is 49.4 Å². The van der Waals surface area contributed by atoms with Crippen molar-refractivity contribution in [3.63, 3.8) is 0 Å². The van der Waals surface area contributed by atoms with Crippen LogP contribution in [-0.2, 0) is 9.53 Å². The molecule has 1 aromatic carbocycles. The van der Waals surface area contributed by atoms with E-state index in [1.807, 2.05) is 0 Å². The largest absolute Gasteiger partial charge is 0.497 e. The summed E-state index contributed by atoms with van der Waals surface area (Å²) in [4.78, 5) is 35.2. The number of hydrogen-bond acceptors (Lipinski definition) is 6. The third-order valence-corrected chi connectivity index (χ3v) is 4.76. The van der Waals surface area contributed by atoms with Crippen molar-refractivity contribution in [2.75, 3.05) is 39.2 Å². The Bertz CT molecular complexity index is 854. The summed E-state index contributed by atoms with van der Waals surface area (Å²) in [5, 5.41) is 2.83. The normalized spacial score (nSPS) is 16.1. The summed E-state index contributed by atoms with van der Waals surface area (Å²) < 4.78 is 10.0. The van der Waals surface area contributed by atoms with Crippen LogP contribution >= 0.6 is 0 Å². The highest BCUT2D eigenvalue weighted by atomic mass is 16.5. The summed E-state index contributed by atoms with van der Waals surface area (Å²) >= 11 is 0. The van der Waals surface area contributed by atoms with Gasteiger partial charge >= 0.3 is 0 Å². The Balaban J connectivity index is 1.66. The Morgan fingerprint density at radius 1 is 1.25 bits per heavy atom. The van der Waals surface area contributed by atoms with Gasteiger partial charge in [-0.05, 0) is 37.6 Å². The fraction of sp³-hybridized carbons (Fsp3) is 0.400. The van der Waals surface area contributed by atoms with Gasteiger partial charge in [-0.15, -0.1) is 0 Å². The second-order valence-corrected chi connectivity index (χ2v) is 6.67. The maximum atomic E-state index is 12.5. The fourth-order valence-corrected chi connectivity index (χ4v) is 3.19. The van der Waals surface area contributed by atoms with Crippen molar-refractivity contribution in [1.29, 1.82) is 0 Å². The van der Waals surface area contributed by atoms with Crippen LogP contribution in [0.15, 0.2) is 30.5 Å². The van der Waals surface area contributed by atoms with E-state index in [0.29, 0.717) is 35.9 Å². The molecule has 0 unspecified atom stereocenters. The third kappa shape index (κ3) is 4.45. The van der Waals surface area contributed by atoms with E-state index in [0.717, 1.165) is 12.2 Å². The van der Waals surface area contributed by atoms with Crippen LogP contribution in [-0.4, -0.2) is 60.6 Å². The maximum Gasteiger partial charge on any atom is 0.259 e. The predicted molar refractivity (Wildman–Crippen MR) is 104 cm³/mol. The van der Waals surface area contributed by atoms with Crippen LogP contribution in [0.1, 0.15) is 34.2 Å². The zero-order valence-corrected chi connectivity index (χ0v) is 16.3. The van der Waals surface area contributed by atoms with Gasteiger partial charge in [0, 0.05) is 38.0 Å². The monoisotopic (exact) mass is 384 g/mol. The fourth-order valence-electron chi connectivity index (χ4n) is 3.19. The van der Waals surface area contributed by atoms with E-state index in [4.69, 9.17) is 9.47 Å². The number of amides is 2. The van der Waals surface area contributed by atoms with Crippen LogP contribution in [0.5, 0.6) is 5.75 Å². The van der Waals surface area contributed by atoms with E-state index in [2.05, 4.69) is 15.3 Å². The predicted octanol–water partition coefficient (Wildman–Crippen LogP) is 2.01. The average molecular weight is 384 g/mol. The van der Waals surface area contributed by atoms with Crippen LogP contribution in [0.2, 0.25) is 0 Å². The minimum absolute atomic E-state index is 0.0304. The number of rotatable bonds is 6. The molecule has 148 valence electrons. The lowest BCUT2D eigenvalue weighted by molar-refractivity contribution is -0.134. The highest BCUT2D eigenvalue weighted by Gasteiger charge is 2.29. The molecule has 0 spiro atoms. The number of hydrogen-bond donors (Lipinski definition) is 1. The van der Waals surface area contributed by atoms with Crippen molar-refractivity contribution in [1.82, 2.24) is 14.9 Å². The van der Waals surface area contributed by atoms with Crippen molar-refractivity contribution in [3.8, 4) is 5.75 Å². The number of nitrogens with zero attached hydrogens (tertiary/aromatic N) is 3. The van der Waals surface area contributed by atoms with Crippen molar-refractivity contribution in [2.24, 2.45) is 0 Å². The van der Waals surface area contributed by atoms with Gasteiger partial charge in [0.2, 0.25) is 5.91 Å². The molecule has 1 aromatic heterocycles. The third-order valence-electron chi connectivity index (χ3n) is 4.76. The van der Waals surface area contributed by atoms with E-state index < -0.39 is 0 Å². The van der Waals surface area contributed by atoms with Gasteiger partial charge in [0.15, 0.2) is 0 Å². The topological polar surface area (TPSA) is 93.7 Å². The molecule has 8 nitrogen and oxygen atoms in total. The number of aryl methyl sites for hydroxylation is 1. The molecule has 1 aliphatic heterocycles. The number of anilines is 1. The molecular weight excluding hydrogens is 360 g/mol. The van der Waals surface area contributed by atoms with Gasteiger partial charge in [0.1, 0.15) is 18.2 Å². The molecular formula is C20H24N4O4. The molecule has 0 aliphatic carbocycles. The van der Waals surface area contributed by atoms with Gasteiger partial charge in [-0.3, -0.25) is 9.59 Å². The minimum atomic E-state index is -0.266. The van der Waals surface area contributed by atoms with Crippen molar-refractivity contribution in [2.45, 2.75) is 19.3 Å². The van der Waals surface area contributed by atoms with Gasteiger partial charge in [0.05, 0.1) is 18.4 Å². The molecule has 1 atom stereocenters. The van der Waals surface area contributed by atoms with Crippen LogP contribution in [0, 0.1) is 6.92 Å². The summed E-state index contributed by atoms with van der Waals surface area (Å²) in [6.07, 6.45) is 2.35. The van der Waals surface area contributed by atoms with Crippen LogP contribution in [0.4, 0.5) is 5.69 Å². The number of carbonyl (C=O) groups excluding carboxylic acids is 2. The molecule has 3 rings (SSSR count). The van der Waals surface area contributed by atoms with Crippen molar-refractivity contribution in [3.05, 3.63) is 47.5 Å². The molecule has 8 heteroatoms. The van der Waals surface area contributed by atoms with Gasteiger partial charge in [-0.1, -0.05) is 0 Å². The molecule has 0 bridgehead atoms.